The number of H-pyrrole nitrogens is 1. The molecule has 4 heteroatoms. The Kier molecular flexibility index (Phi) is 3.41. The van der Waals surface area contributed by atoms with Crippen molar-refractivity contribution in [2.75, 3.05) is 5.88 Å². The van der Waals surface area contributed by atoms with Crippen LogP contribution < -0.4 is 4.98 Å². The van der Waals surface area contributed by atoms with Gasteiger partial charge in [0, 0.05) is 12.1 Å². The number of nitrogens with zero attached hydrogens (tertiary/aromatic N) is 1. The molecule has 1 unspecified atom stereocenters. The molecule has 0 aromatic carbocycles. The predicted molar refractivity (Wildman–Crippen MR) is 47.1 cm³/mol. The molecular formula is C9H8ClN2O+. The van der Waals surface area contributed by atoms with E-state index in [0.29, 0.717) is 5.69 Å². The third-order valence-corrected chi connectivity index (χ3v) is 1.89. The summed E-state index contributed by atoms with van der Waals surface area (Å²) in [5.41, 5.74) is 0.579. The number of hydrogen-bond donors (Lipinski definition) is 0. The van der Waals surface area contributed by atoms with E-state index >= 15 is 0 Å². The number of carbonyl (C=O) groups is 1. The number of Topliss-reactive ketones (excluding diaryl/α,β-unsaturated/α-hetero) is 1. The van der Waals surface area contributed by atoms with Gasteiger partial charge in [-0.15, -0.1) is 11.6 Å². The molecule has 1 aromatic heterocycles. The fraction of sp³-hybridized carbons (Fsp3) is 0.222. The van der Waals surface area contributed by atoms with Gasteiger partial charge >= 0.3 is 0 Å². The van der Waals surface area contributed by atoms with Crippen LogP contribution in [0.5, 0.6) is 0 Å². The van der Waals surface area contributed by atoms with Crippen LogP contribution in [0.4, 0.5) is 0 Å². The summed E-state index contributed by atoms with van der Waals surface area (Å²) < 4.78 is 0. The highest BCUT2D eigenvalue weighted by Gasteiger charge is 2.23. The Labute approximate surface area is 81.0 Å². The quantitative estimate of drug-likeness (QED) is 0.674. The molecule has 1 heterocycles. The van der Waals surface area contributed by atoms with Gasteiger partial charge < -0.3 is 0 Å². The van der Waals surface area contributed by atoms with Gasteiger partial charge in [0.15, 0.2) is 17.9 Å². The number of aromatic amines is 1. The molecule has 1 rings (SSSR count). The summed E-state index contributed by atoms with van der Waals surface area (Å²) >= 11 is 5.36. The highest BCUT2D eigenvalue weighted by molar-refractivity contribution is 6.28. The standard InChI is InChI=1S/C9H7ClN2O/c10-5-9(13)7(6-11)8-3-1-2-4-12-8/h1-4,7H,5H2/p+1. The third-order valence-electron chi connectivity index (χ3n) is 1.63. The van der Waals surface area contributed by atoms with Crippen LogP contribution in [0.15, 0.2) is 24.4 Å². The van der Waals surface area contributed by atoms with Crippen molar-refractivity contribution in [1.29, 1.82) is 5.26 Å². The van der Waals surface area contributed by atoms with E-state index < -0.39 is 5.92 Å². The number of hydrogen-bond acceptors (Lipinski definition) is 2. The minimum absolute atomic E-state index is 0.138. The summed E-state index contributed by atoms with van der Waals surface area (Å²) in [5, 5.41) is 8.73. The van der Waals surface area contributed by atoms with Gasteiger partial charge in [-0.1, -0.05) is 6.07 Å². The number of halogens is 1. The maximum atomic E-state index is 11.2. The largest absolute Gasteiger partial charge is 0.296 e. The minimum Gasteiger partial charge on any atom is -0.296 e. The first-order valence-corrected chi connectivity index (χ1v) is 4.28. The third kappa shape index (κ3) is 2.27. The first kappa shape index (κ1) is 9.69. The zero-order valence-corrected chi connectivity index (χ0v) is 7.58. The molecule has 0 spiro atoms. The molecule has 0 radical (unpaired) electrons. The maximum Gasteiger partial charge on any atom is 0.204 e. The van der Waals surface area contributed by atoms with Crippen LogP contribution in [-0.4, -0.2) is 11.7 Å². The molecule has 0 bridgehead atoms. The number of carbonyl (C=O) groups excluding carboxylic acids is 1. The molecular weight excluding hydrogens is 188 g/mol. The molecule has 1 atom stereocenters. The predicted octanol–water partition coefficient (Wildman–Crippen LogP) is 0.916. The summed E-state index contributed by atoms with van der Waals surface area (Å²) in [7, 11) is 0. The normalized spacial score (nSPS) is 11.7. The number of nitriles is 1. The lowest BCUT2D eigenvalue weighted by atomic mass is 10.0. The SMILES string of the molecule is N#CC(C(=O)CCl)c1cccc[nH+]1. The monoisotopic (exact) mass is 195 g/mol. The lowest BCUT2D eigenvalue weighted by Gasteiger charge is -1.98. The molecule has 0 aliphatic carbocycles. The highest BCUT2D eigenvalue weighted by atomic mass is 35.5. The number of rotatable bonds is 3. The van der Waals surface area contributed by atoms with Crippen molar-refractivity contribution in [2.45, 2.75) is 5.92 Å². The lowest BCUT2D eigenvalue weighted by molar-refractivity contribution is -0.390. The van der Waals surface area contributed by atoms with E-state index in [0.717, 1.165) is 0 Å². The highest BCUT2D eigenvalue weighted by Crippen LogP contribution is 2.10. The fourth-order valence-corrected chi connectivity index (χ4v) is 1.13. The number of pyridine rings is 1. The van der Waals surface area contributed by atoms with E-state index in [2.05, 4.69) is 4.98 Å². The second kappa shape index (κ2) is 4.58. The van der Waals surface area contributed by atoms with E-state index in [1.54, 1.807) is 24.4 Å². The van der Waals surface area contributed by atoms with Crippen LogP contribution in [0.3, 0.4) is 0 Å². The first-order chi connectivity index (χ1) is 6.29. The van der Waals surface area contributed by atoms with E-state index in [1.165, 1.54) is 0 Å². The zero-order valence-electron chi connectivity index (χ0n) is 6.83. The van der Waals surface area contributed by atoms with Crippen LogP contribution in [0.1, 0.15) is 11.6 Å². The number of aromatic nitrogens is 1. The van der Waals surface area contributed by atoms with Crippen molar-refractivity contribution in [3.8, 4) is 6.07 Å². The Morgan fingerprint density at radius 2 is 2.46 bits per heavy atom. The second-order valence-electron chi connectivity index (χ2n) is 2.48. The molecule has 0 saturated heterocycles. The smallest absolute Gasteiger partial charge is 0.204 e. The van der Waals surface area contributed by atoms with Crippen LogP contribution in [0.25, 0.3) is 0 Å². The van der Waals surface area contributed by atoms with Gasteiger partial charge in [-0.25, -0.2) is 4.98 Å². The summed E-state index contributed by atoms with van der Waals surface area (Å²) in [6.07, 6.45) is 1.67. The van der Waals surface area contributed by atoms with Gasteiger partial charge in [0.2, 0.25) is 5.69 Å². The van der Waals surface area contributed by atoms with Crippen molar-refractivity contribution in [1.82, 2.24) is 0 Å². The molecule has 3 nitrogen and oxygen atoms in total. The molecule has 1 N–H and O–H groups in total. The van der Waals surface area contributed by atoms with Crippen LogP contribution in [0, 0.1) is 11.3 Å². The molecule has 0 amide bonds. The van der Waals surface area contributed by atoms with E-state index in [1.807, 2.05) is 6.07 Å². The summed E-state index contributed by atoms with van der Waals surface area (Å²) in [4.78, 5) is 14.0. The Balaban J connectivity index is 2.93. The van der Waals surface area contributed by atoms with Crippen LogP contribution >= 0.6 is 11.6 Å². The zero-order chi connectivity index (χ0) is 9.68. The van der Waals surface area contributed by atoms with Gasteiger partial charge in [-0.2, -0.15) is 5.26 Å². The Morgan fingerprint density at radius 3 is 2.92 bits per heavy atom. The summed E-state index contributed by atoms with van der Waals surface area (Å²) in [5.74, 6) is -1.20. The summed E-state index contributed by atoms with van der Waals surface area (Å²) in [6, 6.07) is 7.14. The topological polar surface area (TPSA) is 55.0 Å². The second-order valence-corrected chi connectivity index (χ2v) is 2.75. The molecule has 0 fully saturated rings. The molecule has 0 aliphatic rings. The van der Waals surface area contributed by atoms with Crippen LogP contribution in [0.2, 0.25) is 0 Å². The Morgan fingerprint density at radius 1 is 1.69 bits per heavy atom. The molecule has 66 valence electrons. The van der Waals surface area contributed by atoms with Gasteiger partial charge in [0.05, 0.1) is 11.9 Å². The molecule has 0 aliphatic heterocycles. The van der Waals surface area contributed by atoms with Crippen molar-refractivity contribution in [3.63, 3.8) is 0 Å². The molecule has 13 heavy (non-hydrogen) atoms. The van der Waals surface area contributed by atoms with Gasteiger partial charge in [-0.05, 0) is 0 Å². The summed E-state index contributed by atoms with van der Waals surface area (Å²) in [6.45, 7) is 0. The molecule has 1 aromatic rings. The molecule has 0 saturated carbocycles. The minimum atomic E-state index is -0.779. The average Bonchev–Trinajstić information content (AvgIpc) is 2.20. The van der Waals surface area contributed by atoms with Crippen molar-refractivity contribution in [3.05, 3.63) is 30.1 Å². The van der Waals surface area contributed by atoms with Crippen molar-refractivity contribution >= 4 is 17.4 Å². The maximum absolute atomic E-state index is 11.2. The van der Waals surface area contributed by atoms with E-state index in [4.69, 9.17) is 16.9 Å². The Bertz CT molecular complexity index is 331. The van der Waals surface area contributed by atoms with Crippen LogP contribution in [-0.2, 0) is 4.79 Å². The van der Waals surface area contributed by atoms with Gasteiger partial charge in [0.1, 0.15) is 0 Å². The number of nitrogens with one attached hydrogen (secondary N) is 1. The fourth-order valence-electron chi connectivity index (χ4n) is 0.979. The van der Waals surface area contributed by atoms with Crippen molar-refractivity contribution in [2.24, 2.45) is 0 Å². The van der Waals surface area contributed by atoms with Gasteiger partial charge in [0.25, 0.3) is 0 Å². The van der Waals surface area contributed by atoms with Gasteiger partial charge in [-0.3, -0.25) is 4.79 Å². The van der Waals surface area contributed by atoms with E-state index in [-0.39, 0.29) is 11.7 Å². The first-order valence-electron chi connectivity index (χ1n) is 3.74. The Hall–Kier alpha value is -1.40. The number of alkyl halides is 1. The average molecular weight is 196 g/mol. The van der Waals surface area contributed by atoms with E-state index in [9.17, 15) is 4.79 Å². The lowest BCUT2D eigenvalue weighted by Crippen LogP contribution is -2.20. The van der Waals surface area contributed by atoms with Crippen molar-refractivity contribution < 1.29 is 9.78 Å². The number of ketones is 1.